The molecule has 0 radical (unpaired) electrons. The lowest BCUT2D eigenvalue weighted by Crippen LogP contribution is -2.48. The van der Waals surface area contributed by atoms with Crippen LogP contribution in [0.3, 0.4) is 0 Å². The van der Waals surface area contributed by atoms with Crippen molar-refractivity contribution in [1.29, 1.82) is 0 Å². The first kappa shape index (κ1) is 17.5. The minimum absolute atomic E-state index is 0.177. The summed E-state index contributed by atoms with van der Waals surface area (Å²) in [5.41, 5.74) is 9.34. The summed E-state index contributed by atoms with van der Waals surface area (Å²) < 4.78 is 0. The summed E-state index contributed by atoms with van der Waals surface area (Å²) in [6.45, 7) is 10.2. The van der Waals surface area contributed by atoms with Gasteiger partial charge in [0.1, 0.15) is 0 Å². The average Bonchev–Trinajstić information content (AvgIpc) is 2.49. The van der Waals surface area contributed by atoms with Gasteiger partial charge in [-0.05, 0) is 48.8 Å². The van der Waals surface area contributed by atoms with E-state index in [0.717, 1.165) is 45.3 Å². The van der Waals surface area contributed by atoms with Crippen molar-refractivity contribution in [3.05, 3.63) is 35.4 Å². The fourth-order valence-corrected chi connectivity index (χ4v) is 3.21. The van der Waals surface area contributed by atoms with Gasteiger partial charge in [0.05, 0.1) is 0 Å². The lowest BCUT2D eigenvalue weighted by molar-refractivity contribution is 0.156. The number of benzene rings is 1. The van der Waals surface area contributed by atoms with Gasteiger partial charge in [0, 0.05) is 25.2 Å². The number of unbranched alkanes of at least 4 members (excludes halogenated alkanes) is 1. The number of piperidine rings is 1. The van der Waals surface area contributed by atoms with Crippen molar-refractivity contribution in [1.82, 2.24) is 4.90 Å². The highest BCUT2D eigenvalue weighted by Gasteiger charge is 2.32. The maximum atomic E-state index is 8.87. The molecule has 1 aromatic carbocycles. The number of nitrogens with two attached hydrogens (primary N) is 1. The third-order valence-corrected chi connectivity index (χ3v) is 4.96. The molecule has 0 atom stereocenters. The highest BCUT2D eigenvalue weighted by atomic mass is 16.2. The van der Waals surface area contributed by atoms with E-state index in [-0.39, 0.29) is 11.0 Å². The maximum Gasteiger partial charge on any atom is 0.0434 e. The van der Waals surface area contributed by atoms with Gasteiger partial charge in [0.25, 0.3) is 0 Å². The molecule has 3 N–H and O–H groups in total. The van der Waals surface area contributed by atoms with Gasteiger partial charge in [0.2, 0.25) is 0 Å². The standard InChI is InChI=1S/C19H32N2O/c1-18(2,3)16-6-8-17(9-7-16)19(20)10-13-21(14-11-19)12-4-5-15-22/h6-9,22H,4-5,10-15,20H2,1-3H3. The highest BCUT2D eigenvalue weighted by Crippen LogP contribution is 2.32. The molecule has 1 aliphatic rings. The Kier molecular flexibility index (Phi) is 5.65. The molecular formula is C19H32N2O. The minimum Gasteiger partial charge on any atom is -0.396 e. The fourth-order valence-electron chi connectivity index (χ4n) is 3.21. The molecule has 1 saturated heterocycles. The molecule has 22 heavy (non-hydrogen) atoms. The van der Waals surface area contributed by atoms with Crippen LogP contribution >= 0.6 is 0 Å². The molecule has 1 fully saturated rings. The van der Waals surface area contributed by atoms with Gasteiger partial charge in [0.15, 0.2) is 0 Å². The molecule has 0 aliphatic carbocycles. The van der Waals surface area contributed by atoms with Crippen LogP contribution in [0.2, 0.25) is 0 Å². The Labute approximate surface area is 135 Å². The third-order valence-electron chi connectivity index (χ3n) is 4.96. The molecular weight excluding hydrogens is 272 g/mol. The Morgan fingerprint density at radius 1 is 1.09 bits per heavy atom. The van der Waals surface area contributed by atoms with Crippen LogP contribution in [0.25, 0.3) is 0 Å². The summed E-state index contributed by atoms with van der Waals surface area (Å²) in [7, 11) is 0. The summed E-state index contributed by atoms with van der Waals surface area (Å²) in [5.74, 6) is 0. The first-order valence-electron chi connectivity index (χ1n) is 8.58. The van der Waals surface area contributed by atoms with Gasteiger partial charge in [-0.3, -0.25) is 0 Å². The topological polar surface area (TPSA) is 49.5 Å². The van der Waals surface area contributed by atoms with E-state index < -0.39 is 0 Å². The van der Waals surface area contributed by atoms with E-state index in [9.17, 15) is 0 Å². The van der Waals surface area contributed by atoms with Crippen LogP contribution < -0.4 is 5.73 Å². The quantitative estimate of drug-likeness (QED) is 0.822. The number of nitrogens with zero attached hydrogens (tertiary/aromatic N) is 1. The molecule has 0 amide bonds. The van der Waals surface area contributed by atoms with E-state index in [1.165, 1.54) is 11.1 Å². The monoisotopic (exact) mass is 304 g/mol. The molecule has 3 nitrogen and oxygen atoms in total. The van der Waals surface area contributed by atoms with Crippen molar-refractivity contribution >= 4 is 0 Å². The van der Waals surface area contributed by atoms with E-state index in [0.29, 0.717) is 6.61 Å². The van der Waals surface area contributed by atoms with Crippen LogP contribution in [-0.4, -0.2) is 36.2 Å². The molecule has 2 rings (SSSR count). The van der Waals surface area contributed by atoms with E-state index in [4.69, 9.17) is 10.8 Å². The van der Waals surface area contributed by atoms with Crippen LogP contribution in [0, 0.1) is 0 Å². The number of rotatable bonds is 5. The van der Waals surface area contributed by atoms with E-state index >= 15 is 0 Å². The summed E-state index contributed by atoms with van der Waals surface area (Å²) in [6.07, 6.45) is 4.01. The van der Waals surface area contributed by atoms with Crippen LogP contribution in [-0.2, 0) is 11.0 Å². The van der Waals surface area contributed by atoms with Gasteiger partial charge in [-0.15, -0.1) is 0 Å². The lowest BCUT2D eigenvalue weighted by Gasteiger charge is -2.40. The Bertz CT molecular complexity index is 453. The van der Waals surface area contributed by atoms with Gasteiger partial charge in [-0.2, -0.15) is 0 Å². The molecule has 0 spiro atoms. The zero-order valence-corrected chi connectivity index (χ0v) is 14.4. The first-order valence-corrected chi connectivity index (χ1v) is 8.58. The SMILES string of the molecule is CC(C)(C)c1ccc(C2(N)CCN(CCCCO)CC2)cc1. The Balaban J connectivity index is 1.95. The van der Waals surface area contributed by atoms with Gasteiger partial charge in [-0.1, -0.05) is 45.0 Å². The van der Waals surface area contributed by atoms with Crippen LogP contribution in [0.1, 0.15) is 57.6 Å². The van der Waals surface area contributed by atoms with Crippen molar-refractivity contribution in [2.45, 2.75) is 57.4 Å². The van der Waals surface area contributed by atoms with Crippen molar-refractivity contribution in [2.75, 3.05) is 26.2 Å². The van der Waals surface area contributed by atoms with E-state index in [1.54, 1.807) is 0 Å². The number of hydrogen-bond acceptors (Lipinski definition) is 3. The number of aliphatic hydroxyl groups is 1. The van der Waals surface area contributed by atoms with Gasteiger partial charge in [-0.25, -0.2) is 0 Å². The second kappa shape index (κ2) is 7.12. The molecule has 0 aromatic heterocycles. The smallest absolute Gasteiger partial charge is 0.0434 e. The van der Waals surface area contributed by atoms with Crippen LogP contribution in [0.15, 0.2) is 24.3 Å². The van der Waals surface area contributed by atoms with E-state index in [1.807, 2.05) is 0 Å². The normalized spacial score (nSPS) is 19.3. The van der Waals surface area contributed by atoms with Crippen molar-refractivity contribution in [3.8, 4) is 0 Å². The average molecular weight is 304 g/mol. The fraction of sp³-hybridized carbons (Fsp3) is 0.684. The minimum atomic E-state index is -0.177. The Morgan fingerprint density at radius 2 is 1.68 bits per heavy atom. The molecule has 0 saturated carbocycles. The maximum absolute atomic E-state index is 8.87. The Morgan fingerprint density at radius 3 is 2.18 bits per heavy atom. The van der Waals surface area contributed by atoms with E-state index in [2.05, 4.69) is 49.9 Å². The predicted octanol–water partition coefficient (Wildman–Crippen LogP) is 3.01. The zero-order valence-electron chi connectivity index (χ0n) is 14.4. The highest BCUT2D eigenvalue weighted by molar-refractivity contribution is 5.32. The van der Waals surface area contributed by atoms with Crippen LogP contribution in [0.4, 0.5) is 0 Å². The number of likely N-dealkylation sites (tertiary alicyclic amines) is 1. The molecule has 1 aromatic rings. The second-order valence-corrected chi connectivity index (χ2v) is 7.76. The van der Waals surface area contributed by atoms with Crippen molar-refractivity contribution in [3.63, 3.8) is 0 Å². The van der Waals surface area contributed by atoms with Crippen LogP contribution in [0.5, 0.6) is 0 Å². The summed E-state index contributed by atoms with van der Waals surface area (Å²) >= 11 is 0. The molecule has 1 aliphatic heterocycles. The predicted molar refractivity (Wildman–Crippen MR) is 93.0 cm³/mol. The van der Waals surface area contributed by atoms with Gasteiger partial charge < -0.3 is 15.7 Å². The van der Waals surface area contributed by atoms with Gasteiger partial charge >= 0.3 is 0 Å². The second-order valence-electron chi connectivity index (χ2n) is 7.76. The Hall–Kier alpha value is -0.900. The summed E-state index contributed by atoms with van der Waals surface area (Å²) in [5, 5.41) is 8.87. The first-order chi connectivity index (χ1) is 10.3. The zero-order chi connectivity index (χ0) is 16.2. The molecule has 3 heteroatoms. The lowest BCUT2D eigenvalue weighted by atomic mass is 9.79. The molecule has 1 heterocycles. The molecule has 0 bridgehead atoms. The summed E-state index contributed by atoms with van der Waals surface area (Å²) in [6, 6.07) is 8.92. The van der Waals surface area contributed by atoms with Crippen molar-refractivity contribution in [2.24, 2.45) is 5.73 Å². The largest absolute Gasteiger partial charge is 0.396 e. The third kappa shape index (κ3) is 4.31. The summed E-state index contributed by atoms with van der Waals surface area (Å²) in [4.78, 5) is 2.48. The number of hydrogen-bond donors (Lipinski definition) is 2. The number of aliphatic hydroxyl groups excluding tert-OH is 1. The van der Waals surface area contributed by atoms with Crippen molar-refractivity contribution < 1.29 is 5.11 Å². The molecule has 0 unspecified atom stereocenters. The molecule has 124 valence electrons.